The lowest BCUT2D eigenvalue weighted by molar-refractivity contribution is -0.138. The van der Waals surface area contributed by atoms with Gasteiger partial charge >= 0.3 is 0 Å². The Morgan fingerprint density at radius 1 is 0.935 bits per heavy atom. The molecule has 0 saturated carbocycles. The van der Waals surface area contributed by atoms with E-state index >= 15 is 0 Å². The van der Waals surface area contributed by atoms with Crippen molar-refractivity contribution in [3.63, 3.8) is 0 Å². The third kappa shape index (κ3) is 5.70. The minimum atomic E-state index is -0.334. The predicted molar refractivity (Wildman–Crippen MR) is 119 cm³/mol. The number of hydrogen-bond donors (Lipinski definition) is 1. The summed E-state index contributed by atoms with van der Waals surface area (Å²) in [5.74, 6) is -0.687. The third-order valence-corrected chi connectivity index (χ3v) is 6.34. The van der Waals surface area contributed by atoms with Crippen LogP contribution < -0.4 is 5.32 Å². The van der Waals surface area contributed by atoms with Crippen molar-refractivity contribution in [2.45, 2.75) is 25.7 Å². The van der Waals surface area contributed by atoms with Crippen LogP contribution in [0.1, 0.15) is 24.8 Å². The van der Waals surface area contributed by atoms with Gasteiger partial charge in [-0.2, -0.15) is 0 Å². The maximum atomic E-state index is 13.2. The Morgan fingerprint density at radius 2 is 1.61 bits per heavy atom. The molecule has 0 aliphatic carbocycles. The van der Waals surface area contributed by atoms with Crippen LogP contribution >= 0.6 is 0 Å². The van der Waals surface area contributed by atoms with E-state index in [1.165, 1.54) is 17.7 Å². The number of benzene rings is 2. The zero-order valence-electron chi connectivity index (χ0n) is 17.8. The van der Waals surface area contributed by atoms with Crippen LogP contribution in [0.15, 0.2) is 54.6 Å². The van der Waals surface area contributed by atoms with E-state index in [2.05, 4.69) is 22.3 Å². The molecule has 2 aliphatic heterocycles. The van der Waals surface area contributed by atoms with Crippen molar-refractivity contribution in [2.24, 2.45) is 11.8 Å². The van der Waals surface area contributed by atoms with Crippen molar-refractivity contribution < 1.29 is 14.0 Å². The molecule has 31 heavy (non-hydrogen) atoms. The van der Waals surface area contributed by atoms with E-state index in [1.807, 2.05) is 23.1 Å². The van der Waals surface area contributed by atoms with Gasteiger partial charge in [0, 0.05) is 38.4 Å². The van der Waals surface area contributed by atoms with Gasteiger partial charge in [0.05, 0.1) is 11.8 Å². The van der Waals surface area contributed by atoms with Crippen molar-refractivity contribution >= 4 is 17.5 Å². The first-order valence-corrected chi connectivity index (χ1v) is 11.2. The van der Waals surface area contributed by atoms with Crippen molar-refractivity contribution in [2.75, 3.05) is 38.0 Å². The lowest BCUT2D eigenvalue weighted by atomic mass is 9.87. The number of carbonyl (C=O) groups is 2. The van der Waals surface area contributed by atoms with Crippen LogP contribution in [0.5, 0.6) is 0 Å². The van der Waals surface area contributed by atoms with Gasteiger partial charge in [-0.15, -0.1) is 0 Å². The molecule has 0 bridgehead atoms. The largest absolute Gasteiger partial charge is 0.342 e. The Bertz CT molecular complexity index is 881. The Kier molecular flexibility index (Phi) is 6.97. The summed E-state index contributed by atoms with van der Waals surface area (Å²) in [5.41, 5.74) is 1.83. The second-order valence-corrected chi connectivity index (χ2v) is 8.65. The standard InChI is InChI=1S/C25H30FN3O2/c26-22-8-10-23(11-9-22)27-24(30)20-16-21(25(31)29-13-4-5-14-29)18-28(17-20)15-12-19-6-2-1-3-7-19/h1-3,6-11,20-21H,4-5,12-18H2,(H,27,30)/t20-,21+/m1/s1. The summed E-state index contributed by atoms with van der Waals surface area (Å²) < 4.78 is 13.2. The number of hydrogen-bond acceptors (Lipinski definition) is 3. The van der Waals surface area contributed by atoms with Gasteiger partial charge in [0.25, 0.3) is 0 Å². The Balaban J connectivity index is 1.44. The smallest absolute Gasteiger partial charge is 0.228 e. The van der Waals surface area contributed by atoms with Crippen LogP contribution in [-0.2, 0) is 16.0 Å². The Morgan fingerprint density at radius 3 is 2.32 bits per heavy atom. The van der Waals surface area contributed by atoms with Gasteiger partial charge in [0.2, 0.25) is 11.8 Å². The Hall–Kier alpha value is -2.73. The first kappa shape index (κ1) is 21.5. The Labute approximate surface area is 183 Å². The molecule has 2 fully saturated rings. The summed E-state index contributed by atoms with van der Waals surface area (Å²) in [5, 5.41) is 2.91. The maximum Gasteiger partial charge on any atom is 0.228 e. The van der Waals surface area contributed by atoms with E-state index in [0.717, 1.165) is 38.9 Å². The van der Waals surface area contributed by atoms with Gasteiger partial charge in [-0.25, -0.2) is 4.39 Å². The highest BCUT2D eigenvalue weighted by atomic mass is 19.1. The third-order valence-electron chi connectivity index (χ3n) is 6.34. The van der Waals surface area contributed by atoms with Crippen molar-refractivity contribution in [1.29, 1.82) is 0 Å². The number of amides is 2. The molecule has 0 radical (unpaired) electrons. The molecule has 164 valence electrons. The van der Waals surface area contributed by atoms with E-state index in [0.29, 0.717) is 25.2 Å². The van der Waals surface area contributed by atoms with E-state index in [-0.39, 0.29) is 29.5 Å². The van der Waals surface area contributed by atoms with Crippen LogP contribution in [-0.4, -0.2) is 54.3 Å². The fraction of sp³-hybridized carbons (Fsp3) is 0.440. The van der Waals surface area contributed by atoms with Crippen LogP contribution in [0, 0.1) is 17.7 Å². The fourth-order valence-electron chi connectivity index (χ4n) is 4.65. The van der Waals surface area contributed by atoms with Gasteiger partial charge in [-0.3, -0.25) is 9.59 Å². The second-order valence-electron chi connectivity index (χ2n) is 8.65. The number of nitrogens with one attached hydrogen (secondary N) is 1. The lowest BCUT2D eigenvalue weighted by Crippen LogP contribution is -2.50. The van der Waals surface area contributed by atoms with E-state index in [4.69, 9.17) is 0 Å². The monoisotopic (exact) mass is 423 g/mol. The molecule has 0 aromatic heterocycles. The molecule has 4 rings (SSSR count). The average Bonchev–Trinajstić information content (AvgIpc) is 3.34. The number of carbonyl (C=O) groups excluding carboxylic acids is 2. The predicted octanol–water partition coefficient (Wildman–Crippen LogP) is 3.57. The molecule has 1 N–H and O–H groups in total. The zero-order chi connectivity index (χ0) is 21.6. The molecular formula is C25H30FN3O2. The minimum Gasteiger partial charge on any atom is -0.342 e. The molecule has 2 saturated heterocycles. The molecule has 5 nitrogen and oxygen atoms in total. The van der Waals surface area contributed by atoms with Gasteiger partial charge in [0.15, 0.2) is 0 Å². The molecule has 0 spiro atoms. The first-order chi connectivity index (χ1) is 15.1. The molecule has 2 aromatic carbocycles. The van der Waals surface area contributed by atoms with Crippen molar-refractivity contribution in [3.8, 4) is 0 Å². The number of anilines is 1. The quantitative estimate of drug-likeness (QED) is 0.773. The summed E-state index contributed by atoms with van der Waals surface area (Å²) in [4.78, 5) is 30.3. The average molecular weight is 424 g/mol. The molecule has 2 aliphatic rings. The van der Waals surface area contributed by atoms with E-state index in [1.54, 1.807) is 12.1 Å². The number of rotatable bonds is 6. The zero-order valence-corrected chi connectivity index (χ0v) is 17.8. The van der Waals surface area contributed by atoms with Gasteiger partial charge in [0.1, 0.15) is 5.82 Å². The highest BCUT2D eigenvalue weighted by Gasteiger charge is 2.37. The highest BCUT2D eigenvalue weighted by molar-refractivity contribution is 5.93. The SMILES string of the molecule is O=C(Nc1ccc(F)cc1)[C@@H]1C[C@H](C(=O)N2CCCC2)CN(CCc2ccccc2)C1. The van der Waals surface area contributed by atoms with Crippen LogP contribution in [0.4, 0.5) is 10.1 Å². The lowest BCUT2D eigenvalue weighted by Gasteiger charge is -2.38. The summed E-state index contributed by atoms with van der Waals surface area (Å²) in [6, 6.07) is 16.1. The molecule has 0 unspecified atom stereocenters. The van der Waals surface area contributed by atoms with E-state index in [9.17, 15) is 14.0 Å². The molecule has 2 atom stereocenters. The topological polar surface area (TPSA) is 52.7 Å². The number of nitrogens with zero attached hydrogens (tertiary/aromatic N) is 2. The normalized spacial score (nSPS) is 21.8. The van der Waals surface area contributed by atoms with Crippen molar-refractivity contribution in [3.05, 3.63) is 66.0 Å². The molecule has 2 aromatic rings. The summed E-state index contributed by atoms with van der Waals surface area (Å²) in [6.45, 7) is 3.79. The summed E-state index contributed by atoms with van der Waals surface area (Å²) >= 11 is 0. The summed E-state index contributed by atoms with van der Waals surface area (Å²) in [6.07, 6.45) is 3.57. The van der Waals surface area contributed by atoms with Crippen LogP contribution in [0.3, 0.4) is 0 Å². The molecule has 6 heteroatoms. The van der Waals surface area contributed by atoms with E-state index < -0.39 is 0 Å². The van der Waals surface area contributed by atoms with Crippen LogP contribution in [0.25, 0.3) is 0 Å². The van der Waals surface area contributed by atoms with Gasteiger partial charge in [-0.1, -0.05) is 30.3 Å². The molecule has 2 amide bonds. The second kappa shape index (κ2) is 10.1. The van der Waals surface area contributed by atoms with Crippen LogP contribution in [0.2, 0.25) is 0 Å². The number of likely N-dealkylation sites (tertiary alicyclic amines) is 2. The van der Waals surface area contributed by atoms with Gasteiger partial charge in [-0.05, 0) is 55.5 Å². The minimum absolute atomic E-state index is 0.102. The number of piperidine rings is 1. The fourth-order valence-corrected chi connectivity index (χ4v) is 4.65. The highest BCUT2D eigenvalue weighted by Crippen LogP contribution is 2.27. The van der Waals surface area contributed by atoms with Crippen molar-refractivity contribution in [1.82, 2.24) is 9.80 Å². The molecular weight excluding hydrogens is 393 g/mol. The first-order valence-electron chi connectivity index (χ1n) is 11.2. The molecule has 2 heterocycles. The maximum absolute atomic E-state index is 13.2. The number of halogens is 1. The summed E-state index contributed by atoms with van der Waals surface area (Å²) in [7, 11) is 0. The van der Waals surface area contributed by atoms with Gasteiger partial charge < -0.3 is 15.1 Å².